The number of carbonyl (C=O) groups is 1. The molecular formula is C17H21N3O4S. The number of sulfone groups is 1. The third-order valence-corrected chi connectivity index (χ3v) is 6.60. The van der Waals surface area contributed by atoms with E-state index in [2.05, 4.69) is 15.6 Å². The normalized spacial score (nSPS) is 17.2. The van der Waals surface area contributed by atoms with E-state index < -0.39 is 20.5 Å². The lowest BCUT2D eigenvalue weighted by Crippen LogP contribution is -2.55. The van der Waals surface area contributed by atoms with Gasteiger partial charge in [0, 0.05) is 24.4 Å². The molecule has 1 aliphatic heterocycles. The maximum absolute atomic E-state index is 12.7. The molecule has 7 nitrogen and oxygen atoms in total. The van der Waals surface area contributed by atoms with Crippen molar-refractivity contribution in [3.63, 3.8) is 0 Å². The lowest BCUT2D eigenvalue weighted by molar-refractivity contribution is -0.119. The van der Waals surface area contributed by atoms with Crippen LogP contribution < -0.4 is 10.6 Å². The molecule has 0 radical (unpaired) electrons. The molecule has 0 bridgehead atoms. The van der Waals surface area contributed by atoms with Gasteiger partial charge >= 0.3 is 0 Å². The highest BCUT2D eigenvalue weighted by Crippen LogP contribution is 2.30. The van der Waals surface area contributed by atoms with Gasteiger partial charge in [-0.25, -0.2) is 13.4 Å². The van der Waals surface area contributed by atoms with Crippen LogP contribution in [0.15, 0.2) is 34.9 Å². The number of oxazole rings is 1. The largest absolute Gasteiger partial charge is 0.441 e. The third-order valence-electron chi connectivity index (χ3n) is 4.58. The van der Waals surface area contributed by atoms with E-state index in [1.165, 1.54) is 0 Å². The number of aromatic nitrogens is 1. The molecule has 3 rings (SSSR count). The molecule has 1 amide bonds. The van der Waals surface area contributed by atoms with E-state index in [1.807, 2.05) is 0 Å². The Labute approximate surface area is 146 Å². The van der Waals surface area contributed by atoms with Crippen LogP contribution in [-0.2, 0) is 14.6 Å². The predicted octanol–water partition coefficient (Wildman–Crippen LogP) is 1.76. The SMILES string of the molecule is Cc1ncc(-c2ccc(NC(=O)C3(S(C)(=O)=O)CCNCC3)cc2)o1. The van der Waals surface area contributed by atoms with Crippen molar-refractivity contribution in [3.8, 4) is 11.3 Å². The van der Waals surface area contributed by atoms with Crippen LogP contribution in [0.5, 0.6) is 0 Å². The predicted molar refractivity (Wildman–Crippen MR) is 95.0 cm³/mol. The number of anilines is 1. The van der Waals surface area contributed by atoms with Gasteiger partial charge in [0.15, 0.2) is 26.2 Å². The Bertz CT molecular complexity index is 866. The van der Waals surface area contributed by atoms with Gasteiger partial charge in [0.05, 0.1) is 6.20 Å². The van der Waals surface area contributed by atoms with Crippen LogP contribution in [0.3, 0.4) is 0 Å². The summed E-state index contributed by atoms with van der Waals surface area (Å²) in [6.07, 6.45) is 3.31. The minimum atomic E-state index is -3.53. The number of piperidine rings is 1. The Morgan fingerprint density at radius 2 is 1.88 bits per heavy atom. The Morgan fingerprint density at radius 3 is 2.40 bits per heavy atom. The second-order valence-electron chi connectivity index (χ2n) is 6.29. The van der Waals surface area contributed by atoms with Gasteiger partial charge in [-0.15, -0.1) is 0 Å². The van der Waals surface area contributed by atoms with Gasteiger partial charge in [-0.2, -0.15) is 0 Å². The minimum absolute atomic E-state index is 0.271. The number of nitrogens with zero attached hydrogens (tertiary/aromatic N) is 1. The maximum Gasteiger partial charge on any atom is 0.245 e. The van der Waals surface area contributed by atoms with E-state index in [0.29, 0.717) is 30.4 Å². The van der Waals surface area contributed by atoms with Crippen molar-refractivity contribution in [2.75, 3.05) is 24.7 Å². The summed E-state index contributed by atoms with van der Waals surface area (Å²) >= 11 is 0. The van der Waals surface area contributed by atoms with Crippen molar-refractivity contribution < 1.29 is 17.6 Å². The van der Waals surface area contributed by atoms with Crippen molar-refractivity contribution in [2.45, 2.75) is 24.5 Å². The zero-order chi connectivity index (χ0) is 18.1. The molecule has 1 aromatic heterocycles. The summed E-state index contributed by atoms with van der Waals surface area (Å²) in [6, 6.07) is 7.04. The molecule has 25 heavy (non-hydrogen) atoms. The first-order valence-corrected chi connectivity index (χ1v) is 9.96. The molecule has 134 valence electrons. The second kappa shape index (κ2) is 6.61. The Morgan fingerprint density at radius 1 is 1.24 bits per heavy atom. The first kappa shape index (κ1) is 17.6. The highest BCUT2D eigenvalue weighted by Gasteiger charge is 2.48. The molecule has 2 heterocycles. The summed E-state index contributed by atoms with van der Waals surface area (Å²) in [7, 11) is -3.53. The van der Waals surface area contributed by atoms with E-state index in [-0.39, 0.29) is 12.8 Å². The van der Waals surface area contributed by atoms with Crippen molar-refractivity contribution in [2.24, 2.45) is 0 Å². The first-order valence-electron chi connectivity index (χ1n) is 8.06. The van der Waals surface area contributed by atoms with Gasteiger partial charge in [0.1, 0.15) is 0 Å². The highest BCUT2D eigenvalue weighted by atomic mass is 32.2. The van der Waals surface area contributed by atoms with Gasteiger partial charge in [0.25, 0.3) is 0 Å². The summed E-state index contributed by atoms with van der Waals surface area (Å²) in [5.41, 5.74) is 1.38. The number of carbonyl (C=O) groups excluding carboxylic acids is 1. The number of amides is 1. The number of hydrogen-bond donors (Lipinski definition) is 2. The summed E-state index contributed by atoms with van der Waals surface area (Å²) in [5.74, 6) is 0.745. The average Bonchev–Trinajstić information content (AvgIpc) is 3.01. The summed E-state index contributed by atoms with van der Waals surface area (Å²) in [4.78, 5) is 16.8. The van der Waals surface area contributed by atoms with Gasteiger partial charge in [-0.1, -0.05) is 0 Å². The summed E-state index contributed by atoms with van der Waals surface area (Å²) in [6.45, 7) is 2.77. The van der Waals surface area contributed by atoms with Gasteiger partial charge in [-0.05, 0) is 50.2 Å². The maximum atomic E-state index is 12.7. The van der Waals surface area contributed by atoms with Crippen LogP contribution in [0.2, 0.25) is 0 Å². The quantitative estimate of drug-likeness (QED) is 0.858. The Balaban J connectivity index is 1.80. The molecule has 0 unspecified atom stereocenters. The molecule has 1 aromatic carbocycles. The van der Waals surface area contributed by atoms with Crippen LogP contribution in [0.1, 0.15) is 18.7 Å². The fraction of sp³-hybridized carbons (Fsp3) is 0.412. The summed E-state index contributed by atoms with van der Waals surface area (Å²) in [5, 5.41) is 5.85. The van der Waals surface area contributed by atoms with E-state index in [4.69, 9.17) is 4.42 Å². The van der Waals surface area contributed by atoms with E-state index >= 15 is 0 Å². The topological polar surface area (TPSA) is 101 Å². The average molecular weight is 363 g/mol. The molecule has 2 N–H and O–H groups in total. The number of rotatable bonds is 4. The second-order valence-corrected chi connectivity index (χ2v) is 8.62. The Kier molecular flexibility index (Phi) is 4.66. The highest BCUT2D eigenvalue weighted by molar-refractivity contribution is 7.92. The van der Waals surface area contributed by atoms with Crippen LogP contribution >= 0.6 is 0 Å². The lowest BCUT2D eigenvalue weighted by Gasteiger charge is -2.34. The third kappa shape index (κ3) is 3.45. The molecule has 8 heteroatoms. The zero-order valence-electron chi connectivity index (χ0n) is 14.2. The molecule has 1 aliphatic rings. The molecule has 2 aromatic rings. The van der Waals surface area contributed by atoms with Gasteiger partial charge in [-0.3, -0.25) is 4.79 Å². The van der Waals surface area contributed by atoms with Gasteiger partial charge in [0.2, 0.25) is 5.91 Å². The smallest absolute Gasteiger partial charge is 0.245 e. The van der Waals surface area contributed by atoms with Crippen LogP contribution in [0.25, 0.3) is 11.3 Å². The van der Waals surface area contributed by atoms with Gasteiger partial charge < -0.3 is 15.1 Å². The standard InChI is InChI=1S/C17H21N3O4S/c1-12-19-11-15(24-12)13-3-5-14(6-4-13)20-16(21)17(25(2,22)23)7-9-18-10-8-17/h3-6,11,18H,7-10H2,1-2H3,(H,20,21). The van der Waals surface area contributed by atoms with Crippen molar-refractivity contribution in [1.82, 2.24) is 10.3 Å². The van der Waals surface area contributed by atoms with E-state index in [0.717, 1.165) is 11.8 Å². The van der Waals surface area contributed by atoms with Crippen molar-refractivity contribution >= 4 is 21.4 Å². The van der Waals surface area contributed by atoms with E-state index in [9.17, 15) is 13.2 Å². The van der Waals surface area contributed by atoms with Crippen LogP contribution in [0, 0.1) is 6.92 Å². The molecular weight excluding hydrogens is 342 g/mol. The fourth-order valence-electron chi connectivity index (χ4n) is 3.05. The summed E-state index contributed by atoms with van der Waals surface area (Å²) < 4.78 is 28.6. The zero-order valence-corrected chi connectivity index (χ0v) is 15.0. The number of benzene rings is 1. The van der Waals surface area contributed by atoms with E-state index in [1.54, 1.807) is 37.4 Å². The van der Waals surface area contributed by atoms with Crippen LogP contribution in [0.4, 0.5) is 5.69 Å². The fourth-order valence-corrected chi connectivity index (χ4v) is 4.39. The lowest BCUT2D eigenvalue weighted by atomic mass is 9.95. The molecule has 0 aliphatic carbocycles. The minimum Gasteiger partial charge on any atom is -0.441 e. The number of hydrogen-bond acceptors (Lipinski definition) is 6. The first-order chi connectivity index (χ1) is 11.8. The monoisotopic (exact) mass is 363 g/mol. The molecule has 0 saturated carbocycles. The number of nitrogens with one attached hydrogen (secondary N) is 2. The Hall–Kier alpha value is -2.19. The van der Waals surface area contributed by atoms with Crippen LogP contribution in [-0.4, -0.2) is 43.4 Å². The number of aryl methyl sites for hydroxylation is 1. The van der Waals surface area contributed by atoms with Crippen molar-refractivity contribution in [1.29, 1.82) is 0 Å². The van der Waals surface area contributed by atoms with Crippen molar-refractivity contribution in [3.05, 3.63) is 36.4 Å². The molecule has 0 atom stereocenters. The molecule has 1 saturated heterocycles. The molecule has 0 spiro atoms. The molecule has 1 fully saturated rings.